The van der Waals surface area contributed by atoms with Gasteiger partial charge in [-0.05, 0) is 0 Å². The molecule has 0 saturated carbocycles. The van der Waals surface area contributed by atoms with E-state index in [0.29, 0.717) is 2.81 Å². The van der Waals surface area contributed by atoms with Gasteiger partial charge in [0.25, 0.3) is 0 Å². The van der Waals surface area contributed by atoms with E-state index in [9.17, 15) is 22.6 Å². The first-order valence-corrected chi connectivity index (χ1v) is 9.68. The summed E-state index contributed by atoms with van der Waals surface area (Å²) < 4.78 is 47.4. The Bertz CT molecular complexity index is 934. The summed E-state index contributed by atoms with van der Waals surface area (Å²) >= 11 is 0.262. The van der Waals surface area contributed by atoms with Crippen molar-refractivity contribution in [3.8, 4) is 11.5 Å². The van der Waals surface area contributed by atoms with E-state index in [1.54, 1.807) is 0 Å². The number of hydrogen-bond donors (Lipinski definition) is 1. The Hall–Kier alpha value is -1.91. The van der Waals surface area contributed by atoms with E-state index in [1.165, 1.54) is 50.6 Å². The molecule has 0 heterocycles. The third kappa shape index (κ3) is 4.63. The van der Waals surface area contributed by atoms with Crippen molar-refractivity contribution in [2.45, 2.75) is 4.90 Å². The van der Waals surface area contributed by atoms with Crippen molar-refractivity contribution >= 4 is 52.8 Å². The number of hydrogen-bond acceptors (Lipinski definition) is 7. The minimum atomic E-state index is -4.39. The topological polar surface area (TPSA) is 116 Å². The number of benzene rings is 2. The number of carbonyl (C=O) groups is 2. The van der Waals surface area contributed by atoms with Crippen LogP contribution in [-0.4, -0.2) is 67.1 Å². The molecule has 0 spiro atoms. The average Bonchev–Trinajstić information content (AvgIpc) is 2.60. The second-order valence-corrected chi connectivity index (χ2v) is 7.58. The molecule has 2 aromatic rings. The fraction of sp³-hybridized carbons (Fsp3) is 0.125. The van der Waals surface area contributed by atoms with Crippen LogP contribution in [0.5, 0.6) is 11.5 Å². The molecule has 0 fully saturated rings. The molecule has 0 bridgehead atoms. The quantitative estimate of drug-likeness (QED) is 0.460. The molecule has 2 rings (SSSR count). The maximum absolute atomic E-state index is 11.8. The minimum absolute atomic E-state index is 0.0613. The monoisotopic (exact) mass is 388 g/mol. The molecule has 10 heteroatoms. The van der Waals surface area contributed by atoms with Gasteiger partial charge in [-0.25, -0.2) is 0 Å². The van der Waals surface area contributed by atoms with E-state index in [0.717, 1.165) is 0 Å². The van der Waals surface area contributed by atoms with Crippen molar-refractivity contribution in [2.75, 3.05) is 14.2 Å². The summed E-state index contributed by atoms with van der Waals surface area (Å²) in [7, 11) is -2.01. The van der Waals surface area contributed by atoms with Gasteiger partial charge >= 0.3 is 168 Å². The molecule has 26 heavy (non-hydrogen) atoms. The molecule has 132 valence electrons. The van der Waals surface area contributed by atoms with Crippen molar-refractivity contribution < 1.29 is 36.8 Å². The molecule has 0 atom stereocenters. The Morgan fingerprint density at radius 2 is 1.54 bits per heavy atom. The second-order valence-electron chi connectivity index (χ2n) is 5.19. The van der Waals surface area contributed by atoms with Gasteiger partial charge in [0, 0.05) is 0 Å². The number of esters is 2. The third-order valence-electron chi connectivity index (χ3n) is 3.49. The van der Waals surface area contributed by atoms with Crippen molar-refractivity contribution in [3.05, 3.63) is 47.5 Å². The Kier molecular flexibility index (Phi) is 6.43. The number of methoxy groups -OCH3 is 2. The molecule has 0 aliphatic rings. The first-order chi connectivity index (χ1) is 12.2. The summed E-state index contributed by atoms with van der Waals surface area (Å²) in [6, 6.07) is 8.17. The standard InChI is InChI=1S/C16H13O8S.Na/c1-22-15(17)10-6-11(16(18)23-2)8-13(7-10)24-12-4-3-5-14(9-12)25(19,20)21;/h3-8H,1-2H3,(H,19,20,21);. The molecule has 0 radical (unpaired) electrons. The van der Waals surface area contributed by atoms with Crippen molar-refractivity contribution in [1.82, 2.24) is 0 Å². The van der Waals surface area contributed by atoms with Crippen molar-refractivity contribution in [1.29, 1.82) is 0 Å². The molecule has 0 aliphatic heterocycles. The zero-order valence-corrected chi connectivity index (χ0v) is 17.0. The third-order valence-corrected chi connectivity index (χ3v) is 5.88. The van der Waals surface area contributed by atoms with Gasteiger partial charge in [-0.1, -0.05) is 0 Å². The second kappa shape index (κ2) is 8.19. The van der Waals surface area contributed by atoms with Crippen LogP contribution in [0.1, 0.15) is 20.7 Å². The summed E-state index contributed by atoms with van der Waals surface area (Å²) in [5.41, 5.74) is 0.123. The molecule has 0 aliphatic carbocycles. The van der Waals surface area contributed by atoms with E-state index < -0.39 is 22.1 Å². The van der Waals surface area contributed by atoms with Crippen molar-refractivity contribution in [2.24, 2.45) is 0 Å². The Labute approximate surface area is 167 Å². The molecular formula is C16H13NaO8S. The van der Waals surface area contributed by atoms with Crippen molar-refractivity contribution in [3.63, 3.8) is 0 Å². The van der Waals surface area contributed by atoms with E-state index >= 15 is 0 Å². The molecule has 1 N–H and O–H groups in total. The van der Waals surface area contributed by atoms with Crippen LogP contribution in [0.4, 0.5) is 0 Å². The Morgan fingerprint density at radius 1 is 1.00 bits per heavy atom. The number of ether oxygens (including phenoxy) is 3. The van der Waals surface area contributed by atoms with Gasteiger partial charge in [-0.3, -0.25) is 0 Å². The van der Waals surface area contributed by atoms with Crippen LogP contribution in [0.25, 0.3) is 0 Å². The van der Waals surface area contributed by atoms with Gasteiger partial charge in [0.05, 0.1) is 0 Å². The summed E-state index contributed by atoms with van der Waals surface area (Å²) in [4.78, 5) is 23.3. The van der Waals surface area contributed by atoms with E-state index in [-0.39, 0.29) is 55.5 Å². The van der Waals surface area contributed by atoms with Gasteiger partial charge in [0.2, 0.25) is 0 Å². The molecule has 0 aromatic heterocycles. The summed E-state index contributed by atoms with van der Waals surface area (Å²) in [6.45, 7) is 0. The van der Waals surface area contributed by atoms with E-state index in [2.05, 4.69) is 9.47 Å². The van der Waals surface area contributed by atoms with Gasteiger partial charge in [-0.2, -0.15) is 0 Å². The predicted molar refractivity (Wildman–Crippen MR) is 90.8 cm³/mol. The van der Waals surface area contributed by atoms with Crippen LogP contribution in [0.15, 0.2) is 41.3 Å². The average molecular weight is 388 g/mol. The van der Waals surface area contributed by atoms with Gasteiger partial charge in [-0.15, -0.1) is 0 Å². The summed E-state index contributed by atoms with van der Waals surface area (Å²) in [5, 5.41) is 0. The van der Waals surface area contributed by atoms with Crippen LogP contribution in [-0.2, 0) is 19.6 Å². The summed E-state index contributed by atoms with van der Waals surface area (Å²) in [5.74, 6) is -1.07. The fourth-order valence-corrected chi connectivity index (χ4v) is 4.19. The van der Waals surface area contributed by atoms with Crippen LogP contribution >= 0.6 is 0 Å². The zero-order chi connectivity index (χ0) is 19.5. The normalized spacial score (nSPS) is 11.0. The van der Waals surface area contributed by atoms with Gasteiger partial charge in [0.15, 0.2) is 0 Å². The van der Waals surface area contributed by atoms with E-state index in [1.807, 2.05) is 0 Å². The van der Waals surface area contributed by atoms with E-state index in [4.69, 9.17) is 4.74 Å². The van der Waals surface area contributed by atoms with Crippen LogP contribution < -0.4 is 7.55 Å². The summed E-state index contributed by atoms with van der Waals surface area (Å²) in [6.07, 6.45) is 0. The van der Waals surface area contributed by atoms with Gasteiger partial charge < -0.3 is 0 Å². The fourth-order valence-electron chi connectivity index (χ4n) is 2.24. The Balaban J connectivity index is 2.53. The maximum atomic E-state index is 11.8. The first-order valence-electron chi connectivity index (χ1n) is 7.24. The molecule has 8 nitrogen and oxygen atoms in total. The number of rotatable bonds is 5. The van der Waals surface area contributed by atoms with Crippen LogP contribution in [0.3, 0.4) is 0 Å². The zero-order valence-electron chi connectivity index (χ0n) is 14.2. The Morgan fingerprint density at radius 3 is 2.00 bits per heavy atom. The SMILES string of the molecule is COC(=O)c1cc(Oc2cccc(S(=O)(=O)O)[c]2[Na])cc(C(=O)OC)c1. The molecule has 0 amide bonds. The molecule has 2 aromatic carbocycles. The first kappa shape index (κ1) is 20.4. The molecular weight excluding hydrogens is 375 g/mol. The molecule has 0 saturated heterocycles. The van der Waals surface area contributed by atoms with Gasteiger partial charge in [0.1, 0.15) is 0 Å². The van der Waals surface area contributed by atoms with Crippen LogP contribution in [0.2, 0.25) is 0 Å². The van der Waals surface area contributed by atoms with Crippen LogP contribution in [0, 0.1) is 0 Å². The molecule has 0 unspecified atom stereocenters. The predicted octanol–water partition coefficient (Wildman–Crippen LogP) is 1.09. The number of carbonyl (C=O) groups excluding carboxylic acids is 2.